The highest BCUT2D eigenvalue weighted by Crippen LogP contribution is 2.40. The quantitative estimate of drug-likeness (QED) is 0.666. The molecule has 0 spiro atoms. The maximum absolute atomic E-state index is 4.63. The number of aromatic nitrogens is 3. The van der Waals surface area contributed by atoms with Crippen LogP contribution in [0, 0.1) is 12.3 Å². The van der Waals surface area contributed by atoms with E-state index in [1.807, 2.05) is 18.6 Å². The van der Waals surface area contributed by atoms with Crippen molar-refractivity contribution >= 4 is 21.9 Å². The maximum atomic E-state index is 4.63. The van der Waals surface area contributed by atoms with E-state index in [0.717, 1.165) is 17.1 Å². The SMILES string of the molecule is [CH]1CCC(c2ccnc3cnc4[nH]ccc4c23)CC1N1CCCC(CN2CCCC2)C1. The van der Waals surface area contributed by atoms with E-state index in [4.69, 9.17) is 0 Å². The Balaban J connectivity index is 1.22. The number of likely N-dealkylation sites (tertiary alicyclic amines) is 2. The van der Waals surface area contributed by atoms with Gasteiger partial charge >= 0.3 is 0 Å². The Bertz CT molecular complexity index is 1040. The summed E-state index contributed by atoms with van der Waals surface area (Å²) < 4.78 is 0. The van der Waals surface area contributed by atoms with Gasteiger partial charge in [-0.05, 0) is 101 Å². The highest BCUT2D eigenvalue weighted by molar-refractivity contribution is 6.05. The van der Waals surface area contributed by atoms with Crippen LogP contribution in [0.2, 0.25) is 0 Å². The molecule has 1 radical (unpaired) electrons. The van der Waals surface area contributed by atoms with Gasteiger partial charge in [-0.15, -0.1) is 0 Å². The van der Waals surface area contributed by atoms with Crippen LogP contribution in [0.25, 0.3) is 21.9 Å². The third-order valence-electron chi connectivity index (χ3n) is 7.98. The minimum absolute atomic E-state index is 0.597. The van der Waals surface area contributed by atoms with Gasteiger partial charge in [0.25, 0.3) is 0 Å². The molecule has 6 rings (SSSR count). The molecule has 0 bridgehead atoms. The minimum Gasteiger partial charge on any atom is -0.346 e. The van der Waals surface area contributed by atoms with E-state index in [-0.39, 0.29) is 0 Å². The summed E-state index contributed by atoms with van der Waals surface area (Å²) in [7, 11) is 0. The summed E-state index contributed by atoms with van der Waals surface area (Å²) in [6.07, 6.45) is 17.8. The first kappa shape index (κ1) is 19.7. The van der Waals surface area contributed by atoms with Crippen LogP contribution in [0.1, 0.15) is 56.4 Å². The number of piperidine rings is 1. The summed E-state index contributed by atoms with van der Waals surface area (Å²) in [6.45, 7) is 6.53. The fourth-order valence-corrected chi connectivity index (χ4v) is 6.47. The number of H-pyrrole nitrogens is 1. The summed E-state index contributed by atoms with van der Waals surface area (Å²) in [6, 6.07) is 5.05. The molecule has 1 aliphatic carbocycles. The van der Waals surface area contributed by atoms with Crippen molar-refractivity contribution in [1.29, 1.82) is 0 Å². The van der Waals surface area contributed by atoms with Crippen molar-refractivity contribution in [2.24, 2.45) is 5.92 Å². The van der Waals surface area contributed by atoms with Crippen LogP contribution in [0.4, 0.5) is 0 Å². The van der Waals surface area contributed by atoms with Crippen molar-refractivity contribution in [3.63, 3.8) is 0 Å². The van der Waals surface area contributed by atoms with Gasteiger partial charge in [-0.2, -0.15) is 0 Å². The van der Waals surface area contributed by atoms with Crippen LogP contribution in [-0.4, -0.2) is 63.5 Å². The van der Waals surface area contributed by atoms with E-state index < -0.39 is 0 Å². The lowest BCUT2D eigenvalue weighted by molar-refractivity contribution is 0.100. The largest absolute Gasteiger partial charge is 0.346 e. The lowest BCUT2D eigenvalue weighted by Crippen LogP contribution is -2.47. The summed E-state index contributed by atoms with van der Waals surface area (Å²) in [4.78, 5) is 18.0. The normalized spacial score (nSPS) is 28.6. The lowest BCUT2D eigenvalue weighted by Gasteiger charge is -2.42. The third-order valence-corrected chi connectivity index (χ3v) is 7.98. The van der Waals surface area contributed by atoms with Gasteiger partial charge in [0.05, 0.1) is 11.7 Å². The molecule has 2 saturated heterocycles. The molecular formula is C26H34N5. The van der Waals surface area contributed by atoms with E-state index >= 15 is 0 Å². The van der Waals surface area contributed by atoms with E-state index in [2.05, 4.69) is 43.3 Å². The molecular weight excluding hydrogens is 382 g/mol. The van der Waals surface area contributed by atoms with Gasteiger partial charge in [-0.3, -0.25) is 9.88 Å². The molecule has 31 heavy (non-hydrogen) atoms. The van der Waals surface area contributed by atoms with Gasteiger partial charge in [-0.1, -0.05) is 0 Å². The zero-order valence-electron chi connectivity index (χ0n) is 18.5. The molecule has 3 unspecified atom stereocenters. The lowest BCUT2D eigenvalue weighted by atomic mass is 9.79. The number of hydrogen-bond acceptors (Lipinski definition) is 4. The first-order valence-corrected chi connectivity index (χ1v) is 12.4. The molecule has 3 aromatic rings. The van der Waals surface area contributed by atoms with Gasteiger partial charge in [0, 0.05) is 42.3 Å². The second-order valence-corrected chi connectivity index (χ2v) is 9.98. The van der Waals surface area contributed by atoms with E-state index in [0.29, 0.717) is 12.0 Å². The first-order chi connectivity index (χ1) is 15.3. The summed E-state index contributed by atoms with van der Waals surface area (Å²) in [5.74, 6) is 1.45. The molecule has 5 nitrogen and oxygen atoms in total. The fraction of sp³-hybridized carbons (Fsp3) is 0.577. The molecule has 3 fully saturated rings. The van der Waals surface area contributed by atoms with E-state index in [1.165, 1.54) is 94.0 Å². The number of rotatable bonds is 4. The molecule has 0 amide bonds. The topological polar surface area (TPSA) is 48.1 Å². The summed E-state index contributed by atoms with van der Waals surface area (Å²) in [5.41, 5.74) is 3.47. The Labute approximate surface area is 185 Å². The van der Waals surface area contributed by atoms with Crippen molar-refractivity contribution in [3.05, 3.63) is 42.7 Å². The molecule has 0 aromatic carbocycles. The van der Waals surface area contributed by atoms with Crippen LogP contribution in [0.3, 0.4) is 0 Å². The number of nitrogens with one attached hydrogen (secondary N) is 1. The number of hydrogen-bond donors (Lipinski definition) is 1. The zero-order chi connectivity index (χ0) is 20.6. The third kappa shape index (κ3) is 3.87. The molecule has 3 aliphatic rings. The predicted molar refractivity (Wildman–Crippen MR) is 126 cm³/mol. The molecule has 2 aliphatic heterocycles. The van der Waals surface area contributed by atoms with Gasteiger partial charge in [0.1, 0.15) is 5.65 Å². The van der Waals surface area contributed by atoms with Crippen LogP contribution < -0.4 is 0 Å². The van der Waals surface area contributed by atoms with Gasteiger partial charge in [0.2, 0.25) is 0 Å². The average molecular weight is 417 g/mol. The maximum Gasteiger partial charge on any atom is 0.137 e. The standard InChI is InChI=1S/C26H34N5/c1-2-13-30(12-1)17-19-5-4-14-31(18-19)21-7-3-6-20(15-21)22-8-10-27-24-16-29-26-23(25(22)24)9-11-28-26/h7-11,16,19-21H,1-6,12-15,17-18H2,(H,28,29). The highest BCUT2D eigenvalue weighted by atomic mass is 15.2. The van der Waals surface area contributed by atoms with Crippen LogP contribution in [0.15, 0.2) is 30.7 Å². The smallest absolute Gasteiger partial charge is 0.137 e. The number of fused-ring (bicyclic) bond motifs is 3. The molecule has 5 heterocycles. The van der Waals surface area contributed by atoms with Crippen molar-refractivity contribution in [3.8, 4) is 0 Å². The van der Waals surface area contributed by atoms with Crippen molar-refractivity contribution in [1.82, 2.24) is 24.8 Å². The Morgan fingerprint density at radius 3 is 2.90 bits per heavy atom. The Morgan fingerprint density at radius 1 is 1.03 bits per heavy atom. The van der Waals surface area contributed by atoms with Crippen LogP contribution in [0.5, 0.6) is 0 Å². The number of nitrogens with zero attached hydrogens (tertiary/aromatic N) is 4. The molecule has 1 N–H and O–H groups in total. The molecule has 5 heteroatoms. The Hall–Kier alpha value is -1.98. The summed E-state index contributed by atoms with van der Waals surface area (Å²) in [5, 5.41) is 2.53. The van der Waals surface area contributed by atoms with Gasteiger partial charge in [-0.25, -0.2) is 4.98 Å². The molecule has 163 valence electrons. The van der Waals surface area contributed by atoms with Gasteiger partial charge < -0.3 is 9.88 Å². The molecule has 3 aromatic heterocycles. The van der Waals surface area contributed by atoms with Gasteiger partial charge in [0.15, 0.2) is 0 Å². The van der Waals surface area contributed by atoms with Crippen molar-refractivity contribution in [2.75, 3.05) is 32.7 Å². The summed E-state index contributed by atoms with van der Waals surface area (Å²) >= 11 is 0. The molecule has 3 atom stereocenters. The van der Waals surface area contributed by atoms with Crippen LogP contribution >= 0.6 is 0 Å². The molecule has 1 saturated carbocycles. The number of pyridine rings is 2. The van der Waals surface area contributed by atoms with E-state index in [1.54, 1.807) is 0 Å². The second kappa shape index (κ2) is 8.51. The first-order valence-electron chi connectivity index (χ1n) is 12.4. The van der Waals surface area contributed by atoms with Crippen molar-refractivity contribution < 1.29 is 0 Å². The minimum atomic E-state index is 0.597. The Kier molecular flexibility index (Phi) is 5.41. The second-order valence-electron chi connectivity index (χ2n) is 9.98. The van der Waals surface area contributed by atoms with E-state index in [9.17, 15) is 0 Å². The average Bonchev–Trinajstić information content (AvgIpc) is 3.51. The fourth-order valence-electron chi connectivity index (χ4n) is 6.47. The predicted octanol–water partition coefficient (Wildman–Crippen LogP) is 4.76. The monoisotopic (exact) mass is 416 g/mol. The number of aromatic amines is 1. The highest BCUT2D eigenvalue weighted by Gasteiger charge is 2.32. The Morgan fingerprint density at radius 2 is 1.97 bits per heavy atom. The zero-order valence-corrected chi connectivity index (χ0v) is 18.5. The van der Waals surface area contributed by atoms with Crippen LogP contribution in [-0.2, 0) is 0 Å². The van der Waals surface area contributed by atoms with Crippen molar-refractivity contribution in [2.45, 2.75) is 56.9 Å².